The molecule has 2 aromatic rings. The lowest BCUT2D eigenvalue weighted by molar-refractivity contribution is 0.0690. The van der Waals surface area contributed by atoms with Crippen LogP contribution in [0.1, 0.15) is 17.3 Å². The molecule has 0 heterocycles. The second kappa shape index (κ2) is 6.43. The van der Waals surface area contributed by atoms with Gasteiger partial charge in [0, 0.05) is 4.90 Å². The van der Waals surface area contributed by atoms with Crippen LogP contribution in [0.5, 0.6) is 11.5 Å². The summed E-state index contributed by atoms with van der Waals surface area (Å²) in [6.07, 6.45) is 0. The molecular formula is C15H13FO3S. The highest BCUT2D eigenvalue weighted by molar-refractivity contribution is 7.99. The van der Waals surface area contributed by atoms with E-state index in [9.17, 15) is 14.3 Å². The summed E-state index contributed by atoms with van der Waals surface area (Å²) in [5.41, 5.74) is 0.128. The molecule has 1 N–H and O–H groups in total. The van der Waals surface area contributed by atoms with Gasteiger partial charge < -0.3 is 9.84 Å². The van der Waals surface area contributed by atoms with Gasteiger partial charge in [0.2, 0.25) is 0 Å². The number of hydrogen-bond acceptors (Lipinski definition) is 3. The first-order chi connectivity index (χ1) is 9.61. The van der Waals surface area contributed by atoms with Gasteiger partial charge in [0.25, 0.3) is 0 Å². The van der Waals surface area contributed by atoms with Crippen molar-refractivity contribution in [3.05, 3.63) is 53.8 Å². The van der Waals surface area contributed by atoms with E-state index in [1.165, 1.54) is 36.0 Å². The van der Waals surface area contributed by atoms with E-state index in [2.05, 4.69) is 0 Å². The molecule has 0 amide bonds. The average molecular weight is 292 g/mol. The van der Waals surface area contributed by atoms with Crippen molar-refractivity contribution in [1.82, 2.24) is 0 Å². The lowest BCUT2D eigenvalue weighted by atomic mass is 10.2. The predicted molar refractivity (Wildman–Crippen MR) is 76.3 cm³/mol. The molecule has 0 aliphatic rings. The van der Waals surface area contributed by atoms with Crippen molar-refractivity contribution in [3.8, 4) is 11.5 Å². The van der Waals surface area contributed by atoms with Gasteiger partial charge in [-0.05, 0) is 42.2 Å². The minimum absolute atomic E-state index is 0.128. The third kappa shape index (κ3) is 3.30. The van der Waals surface area contributed by atoms with Gasteiger partial charge in [0.15, 0.2) is 0 Å². The molecule has 0 fully saturated rings. The highest BCUT2D eigenvalue weighted by atomic mass is 32.2. The molecule has 0 spiro atoms. The van der Waals surface area contributed by atoms with E-state index in [-0.39, 0.29) is 17.1 Å². The van der Waals surface area contributed by atoms with E-state index in [4.69, 9.17) is 4.74 Å². The van der Waals surface area contributed by atoms with Crippen LogP contribution < -0.4 is 4.74 Å². The third-order valence-corrected chi connectivity index (χ3v) is 3.48. The quantitative estimate of drug-likeness (QED) is 0.828. The highest BCUT2D eigenvalue weighted by Gasteiger charge is 2.17. The number of halogens is 1. The molecule has 0 aliphatic heterocycles. The fraction of sp³-hybridized carbons (Fsp3) is 0.133. The Balaban J connectivity index is 2.37. The molecule has 0 radical (unpaired) electrons. The van der Waals surface area contributed by atoms with Gasteiger partial charge >= 0.3 is 5.97 Å². The number of carboxylic acids is 1. The van der Waals surface area contributed by atoms with Crippen molar-refractivity contribution < 1.29 is 19.0 Å². The van der Waals surface area contributed by atoms with E-state index < -0.39 is 5.97 Å². The van der Waals surface area contributed by atoms with Gasteiger partial charge in [-0.2, -0.15) is 0 Å². The Labute approximate surface area is 120 Å². The molecule has 5 heteroatoms. The maximum atomic E-state index is 12.8. The Kier molecular flexibility index (Phi) is 4.63. The Morgan fingerprint density at radius 1 is 1.25 bits per heavy atom. The predicted octanol–water partition coefficient (Wildman–Crippen LogP) is 4.43. The number of carboxylic acid groups (broad SMARTS) is 1. The number of hydrogen-bond donors (Lipinski definition) is 1. The van der Waals surface area contributed by atoms with Crippen LogP contribution in [-0.2, 0) is 0 Å². The monoisotopic (exact) mass is 292 g/mol. The summed E-state index contributed by atoms with van der Waals surface area (Å²) in [7, 11) is 0. The molecule has 0 unspecified atom stereocenters. The Morgan fingerprint density at radius 3 is 2.55 bits per heavy atom. The lowest BCUT2D eigenvalue weighted by Gasteiger charge is -2.11. The minimum Gasteiger partial charge on any atom is -0.478 e. The lowest BCUT2D eigenvalue weighted by Crippen LogP contribution is -2.02. The molecular weight excluding hydrogens is 279 g/mol. The van der Waals surface area contributed by atoms with E-state index in [0.717, 1.165) is 5.75 Å². The molecule has 0 aliphatic carbocycles. The zero-order valence-corrected chi connectivity index (χ0v) is 11.6. The smallest absolute Gasteiger partial charge is 0.340 e. The van der Waals surface area contributed by atoms with Gasteiger partial charge in [-0.1, -0.05) is 13.0 Å². The topological polar surface area (TPSA) is 46.5 Å². The van der Waals surface area contributed by atoms with Gasteiger partial charge in [-0.25, -0.2) is 9.18 Å². The van der Waals surface area contributed by atoms with Crippen LogP contribution in [-0.4, -0.2) is 16.8 Å². The summed E-state index contributed by atoms with van der Waals surface area (Å²) in [5, 5.41) is 9.34. The Morgan fingerprint density at radius 2 is 1.95 bits per heavy atom. The van der Waals surface area contributed by atoms with E-state index in [1.807, 2.05) is 6.92 Å². The van der Waals surface area contributed by atoms with Gasteiger partial charge in [-0.15, -0.1) is 11.8 Å². The normalized spacial score (nSPS) is 10.3. The number of ether oxygens (including phenoxy) is 1. The fourth-order valence-corrected chi connectivity index (χ4v) is 2.53. The summed E-state index contributed by atoms with van der Waals surface area (Å²) < 4.78 is 18.4. The summed E-state index contributed by atoms with van der Waals surface area (Å²) >= 11 is 1.44. The zero-order valence-electron chi connectivity index (χ0n) is 10.8. The number of carbonyl (C=O) groups is 1. The number of benzene rings is 2. The van der Waals surface area contributed by atoms with E-state index >= 15 is 0 Å². The van der Waals surface area contributed by atoms with Crippen molar-refractivity contribution in [3.63, 3.8) is 0 Å². The number of rotatable bonds is 5. The first-order valence-electron chi connectivity index (χ1n) is 6.04. The number of thioether (sulfide) groups is 1. The SMILES string of the molecule is CCSc1cccc(Oc2ccc(F)cc2)c1C(=O)O. The molecule has 0 atom stereocenters. The van der Waals surface area contributed by atoms with Gasteiger partial charge in [0.05, 0.1) is 0 Å². The van der Waals surface area contributed by atoms with Crippen LogP contribution in [0.25, 0.3) is 0 Å². The maximum Gasteiger partial charge on any atom is 0.340 e. The fourth-order valence-electron chi connectivity index (χ4n) is 1.71. The first-order valence-corrected chi connectivity index (χ1v) is 7.03. The molecule has 20 heavy (non-hydrogen) atoms. The Bertz CT molecular complexity index is 611. The van der Waals surface area contributed by atoms with Crippen molar-refractivity contribution in [2.24, 2.45) is 0 Å². The van der Waals surface area contributed by atoms with Crippen LogP contribution in [0.4, 0.5) is 4.39 Å². The van der Waals surface area contributed by atoms with Crippen LogP contribution in [0, 0.1) is 5.82 Å². The van der Waals surface area contributed by atoms with E-state index in [0.29, 0.717) is 10.6 Å². The molecule has 2 rings (SSSR count). The second-order valence-electron chi connectivity index (χ2n) is 3.92. The molecule has 0 saturated carbocycles. The zero-order chi connectivity index (χ0) is 14.5. The summed E-state index contributed by atoms with van der Waals surface area (Å²) in [5.74, 6) is 0.000155. The highest BCUT2D eigenvalue weighted by Crippen LogP contribution is 2.33. The first kappa shape index (κ1) is 14.4. The van der Waals surface area contributed by atoms with Crippen LogP contribution in [0.2, 0.25) is 0 Å². The maximum absolute atomic E-state index is 12.8. The second-order valence-corrected chi connectivity index (χ2v) is 5.23. The largest absolute Gasteiger partial charge is 0.478 e. The Hall–Kier alpha value is -2.01. The summed E-state index contributed by atoms with van der Waals surface area (Å²) in [4.78, 5) is 12.1. The molecule has 2 aromatic carbocycles. The molecule has 0 bridgehead atoms. The average Bonchev–Trinajstić information content (AvgIpc) is 2.41. The third-order valence-electron chi connectivity index (χ3n) is 2.54. The van der Waals surface area contributed by atoms with E-state index in [1.54, 1.807) is 18.2 Å². The van der Waals surface area contributed by atoms with Crippen molar-refractivity contribution in [1.29, 1.82) is 0 Å². The standard InChI is InChI=1S/C15H13FO3S/c1-2-20-13-5-3-4-12(14(13)15(17)18)19-11-8-6-10(16)7-9-11/h3-9H,2H2,1H3,(H,17,18). The molecule has 3 nitrogen and oxygen atoms in total. The van der Waals surface area contributed by atoms with Gasteiger partial charge in [-0.3, -0.25) is 0 Å². The van der Waals surface area contributed by atoms with Gasteiger partial charge in [0.1, 0.15) is 22.9 Å². The molecule has 104 valence electrons. The van der Waals surface area contributed by atoms with Crippen LogP contribution in [0.15, 0.2) is 47.4 Å². The summed E-state index contributed by atoms with van der Waals surface area (Å²) in [6, 6.07) is 10.5. The van der Waals surface area contributed by atoms with Crippen LogP contribution in [0.3, 0.4) is 0 Å². The van der Waals surface area contributed by atoms with Crippen molar-refractivity contribution in [2.75, 3.05) is 5.75 Å². The number of aromatic carboxylic acids is 1. The summed E-state index contributed by atoms with van der Waals surface area (Å²) in [6.45, 7) is 1.95. The minimum atomic E-state index is -1.04. The molecule has 0 saturated heterocycles. The van der Waals surface area contributed by atoms with Crippen molar-refractivity contribution >= 4 is 17.7 Å². The van der Waals surface area contributed by atoms with Crippen molar-refractivity contribution in [2.45, 2.75) is 11.8 Å². The van der Waals surface area contributed by atoms with Crippen LogP contribution >= 0.6 is 11.8 Å². The molecule has 0 aromatic heterocycles.